The minimum atomic E-state index is -0.578. The van der Waals surface area contributed by atoms with Gasteiger partial charge in [0, 0.05) is 49.5 Å². The summed E-state index contributed by atoms with van der Waals surface area (Å²) in [4.78, 5) is 43.3. The first kappa shape index (κ1) is 34.8. The van der Waals surface area contributed by atoms with Crippen LogP contribution >= 0.6 is 11.6 Å². The molecule has 0 radical (unpaired) electrons. The highest BCUT2D eigenvalue weighted by Gasteiger charge is 2.29. The third-order valence-electron chi connectivity index (χ3n) is 9.48. The van der Waals surface area contributed by atoms with Crippen molar-refractivity contribution >= 4 is 33.4 Å². The van der Waals surface area contributed by atoms with Crippen molar-refractivity contribution < 1.29 is 4.39 Å². The van der Waals surface area contributed by atoms with Gasteiger partial charge in [-0.15, -0.1) is 0 Å². The lowest BCUT2D eigenvalue weighted by Crippen LogP contribution is -2.35. The van der Waals surface area contributed by atoms with Crippen LogP contribution in [0.15, 0.2) is 82.6 Å². The summed E-state index contributed by atoms with van der Waals surface area (Å²) in [5, 5.41) is 0.904. The Morgan fingerprint density at radius 1 is 0.673 bits per heavy atom. The van der Waals surface area contributed by atoms with E-state index in [1.54, 1.807) is 39.7 Å². The third-order valence-corrected chi connectivity index (χ3v) is 9.77. The van der Waals surface area contributed by atoms with Gasteiger partial charge >= 0.3 is 0 Å². The maximum absolute atomic E-state index is 14.6. The fourth-order valence-electron chi connectivity index (χ4n) is 6.57. The average molecular weight is 711 g/mol. The summed E-state index contributed by atoms with van der Waals surface area (Å²) >= 11 is 6.41. The van der Waals surface area contributed by atoms with Gasteiger partial charge in [0.1, 0.15) is 34.2 Å². The van der Waals surface area contributed by atoms with E-state index >= 15 is 0 Å². The Morgan fingerprint density at radius 3 is 1.65 bits per heavy atom. The van der Waals surface area contributed by atoms with Gasteiger partial charge in [-0.25, -0.2) is 24.3 Å². The van der Waals surface area contributed by atoms with Crippen LogP contribution in [0.5, 0.6) is 0 Å². The average Bonchev–Trinajstić information content (AvgIpc) is 3.09. The number of halogens is 2. The molecule has 0 amide bonds. The van der Waals surface area contributed by atoms with Crippen LogP contribution in [0.3, 0.4) is 0 Å². The first-order valence-corrected chi connectivity index (χ1v) is 17.6. The van der Waals surface area contributed by atoms with Crippen molar-refractivity contribution in [2.24, 2.45) is 10.8 Å². The van der Waals surface area contributed by atoms with Gasteiger partial charge in [-0.3, -0.25) is 18.7 Å². The summed E-state index contributed by atoms with van der Waals surface area (Å²) in [6.07, 6.45) is 6.67. The van der Waals surface area contributed by atoms with E-state index in [1.807, 2.05) is 36.4 Å². The molecule has 4 aromatic heterocycles. The van der Waals surface area contributed by atoms with Crippen molar-refractivity contribution in [3.63, 3.8) is 0 Å². The molecule has 0 bridgehead atoms. The summed E-state index contributed by atoms with van der Waals surface area (Å²) in [7, 11) is 0. The van der Waals surface area contributed by atoms with Crippen molar-refractivity contribution in [2.45, 2.75) is 66.5 Å². The molecule has 10 heteroatoms. The van der Waals surface area contributed by atoms with Gasteiger partial charge in [0.2, 0.25) is 0 Å². The Labute approximate surface area is 305 Å². The molecule has 2 aliphatic heterocycles. The van der Waals surface area contributed by atoms with E-state index in [2.05, 4.69) is 66.3 Å². The van der Waals surface area contributed by atoms with Gasteiger partial charge in [-0.05, 0) is 84.0 Å². The summed E-state index contributed by atoms with van der Waals surface area (Å²) < 4.78 is 18.0. The number of rotatable bonds is 0. The van der Waals surface area contributed by atoms with Gasteiger partial charge in [-0.2, -0.15) is 0 Å². The molecule has 0 spiro atoms. The molecule has 52 heavy (non-hydrogen) atoms. The Morgan fingerprint density at radius 2 is 1.15 bits per heavy atom. The third kappa shape index (κ3) is 7.37. The number of fused-ring (bicyclic) bond motifs is 4. The van der Waals surface area contributed by atoms with Crippen molar-refractivity contribution in [2.75, 3.05) is 0 Å². The van der Waals surface area contributed by atoms with E-state index in [4.69, 9.17) is 16.6 Å². The molecule has 0 fully saturated rings. The summed E-state index contributed by atoms with van der Waals surface area (Å²) in [5.41, 5.74) is 3.33. The lowest BCUT2D eigenvalue weighted by atomic mass is 9.83. The second kappa shape index (κ2) is 13.8. The van der Waals surface area contributed by atoms with Crippen LogP contribution in [0.25, 0.3) is 21.8 Å². The molecule has 2 aliphatic rings. The highest BCUT2D eigenvalue weighted by atomic mass is 35.5. The van der Waals surface area contributed by atoms with E-state index in [-0.39, 0.29) is 27.3 Å². The number of hydrogen-bond donors (Lipinski definition) is 0. The Hall–Kier alpha value is -5.64. The largest absolute Gasteiger partial charge is 0.296 e. The first-order chi connectivity index (χ1) is 24.9. The lowest BCUT2D eigenvalue weighted by molar-refractivity contribution is 0.261. The molecule has 0 N–H and O–H groups in total. The van der Waals surface area contributed by atoms with Gasteiger partial charge < -0.3 is 0 Å². The van der Waals surface area contributed by atoms with E-state index in [1.165, 1.54) is 6.07 Å². The highest BCUT2D eigenvalue weighted by Crippen LogP contribution is 2.32. The standard InChI is InChI=1S/C21H18ClN3O.C21H18FN3O/c2*1-21(2)8-10-25-18(13-21)24-17-12-14(11-16(22)19(17)20(25)26)6-7-15-5-3-4-9-23-15/h2*3-5,9,11-12H,8,10,13H2,1-2H3. The van der Waals surface area contributed by atoms with E-state index in [0.29, 0.717) is 63.7 Å². The molecule has 0 atom stereocenters. The molecule has 8 nitrogen and oxygen atoms in total. The SMILES string of the molecule is CC1(C)CCn2c(nc3cc(C#Cc4ccccn4)cc(Cl)c3c2=O)C1.CC1(C)CCn2c(nc3cc(C#Cc4ccccn4)cc(F)c3c2=O)C1. The molecule has 0 unspecified atom stereocenters. The van der Waals surface area contributed by atoms with Crippen LogP contribution in [0.1, 0.15) is 74.7 Å². The van der Waals surface area contributed by atoms with E-state index < -0.39 is 5.82 Å². The predicted octanol–water partition coefficient (Wildman–Crippen LogP) is 7.12. The minimum Gasteiger partial charge on any atom is -0.296 e. The molecule has 260 valence electrons. The smallest absolute Gasteiger partial charge is 0.264 e. The maximum Gasteiger partial charge on any atom is 0.264 e. The number of benzene rings is 2. The quantitative estimate of drug-likeness (QED) is 0.156. The van der Waals surface area contributed by atoms with E-state index in [0.717, 1.165) is 30.7 Å². The van der Waals surface area contributed by atoms with Crippen molar-refractivity contribution in [3.8, 4) is 23.7 Å². The fourth-order valence-corrected chi connectivity index (χ4v) is 6.87. The fraction of sp³-hybridized carbons (Fsp3) is 0.286. The van der Waals surface area contributed by atoms with Gasteiger partial charge in [0.25, 0.3) is 11.1 Å². The number of aromatic nitrogens is 6. The zero-order chi connectivity index (χ0) is 36.6. The van der Waals surface area contributed by atoms with Crippen LogP contribution < -0.4 is 11.1 Å². The molecule has 0 saturated carbocycles. The van der Waals surface area contributed by atoms with Crippen LogP contribution in [-0.2, 0) is 25.9 Å². The molecule has 6 heterocycles. The molecular weight excluding hydrogens is 675 g/mol. The normalized spacial score (nSPS) is 15.2. The van der Waals surface area contributed by atoms with Crippen LogP contribution in [0.4, 0.5) is 4.39 Å². The maximum atomic E-state index is 14.6. The molecule has 6 aromatic rings. The zero-order valence-electron chi connectivity index (χ0n) is 29.4. The second-order valence-electron chi connectivity index (χ2n) is 14.8. The topological polar surface area (TPSA) is 95.6 Å². The van der Waals surface area contributed by atoms with Crippen molar-refractivity contribution in [1.29, 1.82) is 0 Å². The first-order valence-electron chi connectivity index (χ1n) is 17.2. The Kier molecular flexibility index (Phi) is 9.25. The Balaban J connectivity index is 0.000000162. The monoisotopic (exact) mass is 710 g/mol. The van der Waals surface area contributed by atoms with Gasteiger partial charge in [-0.1, -0.05) is 63.3 Å². The lowest BCUT2D eigenvalue weighted by Gasteiger charge is -2.31. The number of nitrogens with zero attached hydrogens (tertiary/aromatic N) is 6. The molecule has 0 aliphatic carbocycles. The summed E-state index contributed by atoms with van der Waals surface area (Å²) in [6, 6.07) is 17.5. The number of hydrogen-bond acceptors (Lipinski definition) is 6. The molecule has 8 rings (SSSR count). The van der Waals surface area contributed by atoms with E-state index in [9.17, 15) is 14.0 Å². The molecule has 2 aromatic carbocycles. The summed E-state index contributed by atoms with van der Waals surface area (Å²) in [6.45, 7) is 9.97. The highest BCUT2D eigenvalue weighted by molar-refractivity contribution is 6.35. The molecule has 0 saturated heterocycles. The predicted molar refractivity (Wildman–Crippen MR) is 202 cm³/mol. The van der Waals surface area contributed by atoms with Crippen LogP contribution in [0, 0.1) is 40.3 Å². The minimum absolute atomic E-state index is 0.0387. The van der Waals surface area contributed by atoms with Crippen molar-refractivity contribution in [3.05, 3.63) is 139 Å². The molecular formula is C42H36ClFN6O2. The van der Waals surface area contributed by atoms with Crippen molar-refractivity contribution in [1.82, 2.24) is 29.1 Å². The Bertz CT molecular complexity index is 2430. The summed E-state index contributed by atoms with van der Waals surface area (Å²) in [5.74, 6) is 12.8. The zero-order valence-corrected chi connectivity index (χ0v) is 30.2. The second-order valence-corrected chi connectivity index (χ2v) is 15.2. The van der Waals surface area contributed by atoms with Crippen LogP contribution in [-0.4, -0.2) is 29.1 Å². The van der Waals surface area contributed by atoms with Gasteiger partial charge in [0.05, 0.1) is 21.4 Å². The number of pyridine rings is 2. The van der Waals surface area contributed by atoms with Crippen LogP contribution in [0.2, 0.25) is 5.02 Å². The van der Waals surface area contributed by atoms with Gasteiger partial charge in [0.15, 0.2) is 0 Å².